The molecule has 0 radical (unpaired) electrons. The number of carbonyl (C=O) groups excluding carboxylic acids is 1. The monoisotopic (exact) mass is 588 g/mol. The number of halogens is 2. The van der Waals surface area contributed by atoms with Crippen molar-refractivity contribution in [2.45, 2.75) is 120 Å². The fourth-order valence-corrected chi connectivity index (χ4v) is 7.49. The number of rotatable bonds is 11. The molecule has 2 fully saturated rings. The summed E-state index contributed by atoms with van der Waals surface area (Å²) in [6.45, 7) is 7.53. The zero-order valence-corrected chi connectivity index (χ0v) is 24.6. The van der Waals surface area contributed by atoms with E-state index in [1.54, 1.807) is 38.7 Å². The van der Waals surface area contributed by atoms with Crippen molar-refractivity contribution in [2.24, 2.45) is 5.92 Å². The minimum Gasteiger partial charge on any atom is -0.481 e. The molecule has 2 aliphatic carbocycles. The highest BCUT2D eigenvalue weighted by Crippen LogP contribution is 2.38. The number of hydrogen-bond acceptors (Lipinski definition) is 7. The summed E-state index contributed by atoms with van der Waals surface area (Å²) >= 11 is 0. The van der Waals surface area contributed by atoms with E-state index in [1.807, 2.05) is 0 Å². The molecule has 0 unspecified atom stereocenters. The van der Waals surface area contributed by atoms with Crippen molar-refractivity contribution in [2.75, 3.05) is 13.2 Å². The van der Waals surface area contributed by atoms with Gasteiger partial charge in [0.15, 0.2) is 9.84 Å². The number of carboxylic acids is 1. The van der Waals surface area contributed by atoms with Crippen LogP contribution in [0.25, 0.3) is 0 Å². The number of carbonyl (C=O) groups is 2. The largest absolute Gasteiger partial charge is 0.481 e. The summed E-state index contributed by atoms with van der Waals surface area (Å²) in [6.07, 6.45) is 2.30. The van der Waals surface area contributed by atoms with Gasteiger partial charge in [-0.25, -0.2) is 27.0 Å². The number of amides is 1. The van der Waals surface area contributed by atoms with E-state index in [1.165, 1.54) is 6.07 Å². The molecule has 3 rings (SSSR count). The van der Waals surface area contributed by atoms with Crippen molar-refractivity contribution in [3.8, 4) is 5.88 Å². The van der Waals surface area contributed by atoms with Crippen LogP contribution in [0.3, 0.4) is 0 Å². The lowest BCUT2D eigenvalue weighted by Gasteiger charge is -2.37. The molecular formula is C28H42F2N2O7S. The van der Waals surface area contributed by atoms with Crippen molar-refractivity contribution in [1.82, 2.24) is 9.88 Å². The molecule has 1 aromatic rings. The molecule has 9 nitrogen and oxygen atoms in total. The second-order valence-electron chi connectivity index (χ2n) is 11.9. The van der Waals surface area contributed by atoms with Crippen molar-refractivity contribution < 1.29 is 41.4 Å². The number of sulfone groups is 1. The first kappa shape index (κ1) is 32.0. The number of aryl methyl sites for hydroxylation is 1. The minimum atomic E-state index is -3.96. The van der Waals surface area contributed by atoms with Crippen LogP contribution in [0.15, 0.2) is 17.0 Å². The molecule has 1 N–H and O–H groups in total. The number of aromatic nitrogens is 1. The van der Waals surface area contributed by atoms with Gasteiger partial charge in [-0.05, 0) is 84.8 Å². The molecular weight excluding hydrogens is 546 g/mol. The Bertz CT molecular complexity index is 1140. The van der Waals surface area contributed by atoms with E-state index in [2.05, 4.69) is 4.98 Å². The maximum absolute atomic E-state index is 13.7. The number of pyridine rings is 1. The Morgan fingerprint density at radius 2 is 1.77 bits per heavy atom. The van der Waals surface area contributed by atoms with Gasteiger partial charge < -0.3 is 19.5 Å². The second kappa shape index (κ2) is 13.0. The minimum absolute atomic E-state index is 0.0328. The van der Waals surface area contributed by atoms with E-state index < -0.39 is 44.6 Å². The Morgan fingerprint density at radius 3 is 2.40 bits per heavy atom. The summed E-state index contributed by atoms with van der Waals surface area (Å²) < 4.78 is 65.5. The normalized spacial score (nSPS) is 21.6. The second-order valence-corrected chi connectivity index (χ2v) is 14.0. The number of hydrogen-bond donors (Lipinski definition) is 1. The summed E-state index contributed by atoms with van der Waals surface area (Å²) in [5.74, 6) is -4.80. The van der Waals surface area contributed by atoms with E-state index in [-0.39, 0.29) is 55.5 Å². The molecule has 0 saturated heterocycles. The van der Waals surface area contributed by atoms with Crippen molar-refractivity contribution in [3.05, 3.63) is 17.8 Å². The first-order valence-electron chi connectivity index (χ1n) is 14.1. The molecule has 0 aliphatic heterocycles. The molecule has 12 heteroatoms. The molecule has 0 spiro atoms. The van der Waals surface area contributed by atoms with E-state index in [4.69, 9.17) is 9.47 Å². The molecule has 2 atom stereocenters. The fraction of sp³-hybridized carbons (Fsp3) is 0.750. The Labute approximate surface area is 235 Å². The van der Waals surface area contributed by atoms with Crippen LogP contribution in [0.1, 0.15) is 90.7 Å². The molecule has 226 valence electrons. The van der Waals surface area contributed by atoms with Gasteiger partial charge in [0.1, 0.15) is 10.5 Å². The standard InChI is InChI=1S/C28H42F2N2O7S/c1-19-11-12-23(40(36,37)22-10-8-9-21(22)25(33)34)24(31-19)38-18-7-5-6-17-32(26(35)39-27(2,3)4)20-13-15-28(29,30)16-14-20/h11-12,20-22H,5-10,13-18H2,1-4H3,(H,33,34)/t21-,22-/m0/s1. The van der Waals surface area contributed by atoms with Crippen LogP contribution in [0.5, 0.6) is 5.88 Å². The van der Waals surface area contributed by atoms with Gasteiger partial charge in [-0.15, -0.1) is 0 Å². The first-order chi connectivity index (χ1) is 18.6. The van der Waals surface area contributed by atoms with Crippen molar-refractivity contribution >= 4 is 21.9 Å². The third-order valence-corrected chi connectivity index (χ3v) is 9.76. The van der Waals surface area contributed by atoms with Gasteiger partial charge in [0.25, 0.3) is 0 Å². The van der Waals surface area contributed by atoms with Gasteiger partial charge in [-0.3, -0.25) is 4.79 Å². The molecule has 0 aromatic carbocycles. The summed E-state index contributed by atoms with van der Waals surface area (Å²) in [4.78, 5) is 30.2. The zero-order valence-electron chi connectivity index (χ0n) is 23.8. The van der Waals surface area contributed by atoms with Crippen LogP contribution in [0, 0.1) is 12.8 Å². The van der Waals surface area contributed by atoms with Crippen LogP contribution in [-0.2, 0) is 19.4 Å². The summed E-state index contributed by atoms with van der Waals surface area (Å²) in [7, 11) is -3.96. The van der Waals surface area contributed by atoms with Crippen LogP contribution in [0.4, 0.5) is 13.6 Å². The predicted octanol–water partition coefficient (Wildman–Crippen LogP) is 5.78. The number of aliphatic carboxylic acids is 1. The van der Waals surface area contributed by atoms with E-state index >= 15 is 0 Å². The lowest BCUT2D eigenvalue weighted by atomic mass is 9.91. The highest BCUT2D eigenvalue weighted by atomic mass is 32.2. The summed E-state index contributed by atoms with van der Waals surface area (Å²) in [5.41, 5.74) is -0.134. The lowest BCUT2D eigenvalue weighted by molar-refractivity contribution is -0.141. The third kappa shape index (κ3) is 8.50. The third-order valence-electron chi connectivity index (χ3n) is 7.48. The van der Waals surface area contributed by atoms with Gasteiger partial charge in [0.05, 0.1) is 17.8 Å². The maximum atomic E-state index is 13.7. The van der Waals surface area contributed by atoms with Gasteiger partial charge in [0, 0.05) is 31.1 Å². The van der Waals surface area contributed by atoms with Crippen molar-refractivity contribution in [3.63, 3.8) is 0 Å². The number of nitrogens with zero attached hydrogens (tertiary/aromatic N) is 2. The van der Waals surface area contributed by atoms with Crippen LogP contribution >= 0.6 is 0 Å². The van der Waals surface area contributed by atoms with Crippen LogP contribution in [0.2, 0.25) is 0 Å². The van der Waals surface area contributed by atoms with Crippen molar-refractivity contribution in [1.29, 1.82) is 0 Å². The molecule has 0 bridgehead atoms. The lowest BCUT2D eigenvalue weighted by Crippen LogP contribution is -2.46. The predicted molar refractivity (Wildman–Crippen MR) is 144 cm³/mol. The number of unbranched alkanes of at least 4 members (excludes halogenated alkanes) is 2. The highest BCUT2D eigenvalue weighted by Gasteiger charge is 2.44. The van der Waals surface area contributed by atoms with Crippen LogP contribution in [-0.4, -0.2) is 71.4 Å². The van der Waals surface area contributed by atoms with Gasteiger partial charge in [-0.2, -0.15) is 0 Å². The average Bonchev–Trinajstić information content (AvgIpc) is 3.34. The number of carboxylic acid groups (broad SMARTS) is 1. The maximum Gasteiger partial charge on any atom is 0.410 e. The van der Waals surface area contributed by atoms with Gasteiger partial charge in [-0.1, -0.05) is 6.42 Å². The Hall–Kier alpha value is -2.50. The van der Waals surface area contributed by atoms with E-state index in [0.29, 0.717) is 44.3 Å². The molecule has 1 amide bonds. The topological polar surface area (TPSA) is 123 Å². The molecule has 1 aromatic heterocycles. The summed E-state index contributed by atoms with van der Waals surface area (Å²) in [6, 6.07) is 2.69. The molecule has 40 heavy (non-hydrogen) atoms. The fourth-order valence-electron chi connectivity index (χ4n) is 5.39. The molecule has 2 aliphatic rings. The molecule has 1 heterocycles. The number of ether oxygens (including phenoxy) is 2. The van der Waals surface area contributed by atoms with E-state index in [9.17, 15) is 31.9 Å². The quantitative estimate of drug-likeness (QED) is 0.323. The van der Waals surface area contributed by atoms with E-state index in [0.717, 1.165) is 0 Å². The van der Waals surface area contributed by atoms with Gasteiger partial charge >= 0.3 is 12.1 Å². The Kier molecular flexibility index (Phi) is 10.4. The zero-order chi connectivity index (χ0) is 29.7. The Balaban J connectivity index is 1.58. The SMILES string of the molecule is Cc1ccc(S(=O)(=O)[C@H]2CCC[C@@H]2C(=O)O)c(OCCCCCN(C(=O)OC(C)(C)C)C2CCC(F)(F)CC2)n1. The smallest absolute Gasteiger partial charge is 0.410 e. The Morgan fingerprint density at radius 1 is 1.10 bits per heavy atom. The van der Waals surface area contributed by atoms with Gasteiger partial charge in [0.2, 0.25) is 11.8 Å². The number of alkyl halides is 2. The highest BCUT2D eigenvalue weighted by molar-refractivity contribution is 7.92. The molecule has 2 saturated carbocycles. The first-order valence-corrected chi connectivity index (χ1v) is 15.6. The average molecular weight is 589 g/mol. The van der Waals surface area contributed by atoms with Crippen LogP contribution < -0.4 is 4.74 Å². The summed E-state index contributed by atoms with van der Waals surface area (Å²) in [5, 5.41) is 8.47.